The normalized spacial score (nSPS) is 27.5. The molecule has 3 nitrogen and oxygen atoms in total. The summed E-state index contributed by atoms with van der Waals surface area (Å²) in [6.45, 7) is 4.43. The van der Waals surface area contributed by atoms with Gasteiger partial charge >= 0.3 is 0 Å². The molecule has 1 aliphatic rings. The first-order valence-corrected chi connectivity index (χ1v) is 7.24. The number of ether oxygens (including phenoxy) is 1. The van der Waals surface area contributed by atoms with Crippen LogP contribution in [-0.2, 0) is 0 Å². The van der Waals surface area contributed by atoms with Gasteiger partial charge in [-0.25, -0.2) is 0 Å². The van der Waals surface area contributed by atoms with Crippen LogP contribution in [-0.4, -0.2) is 29.4 Å². The number of rotatable bonds is 5. The van der Waals surface area contributed by atoms with Crippen molar-refractivity contribution in [3.05, 3.63) is 30.3 Å². The number of aliphatic hydroxyl groups is 1. The molecule has 2 N–H and O–H groups in total. The molecule has 106 valence electrons. The number of benzene rings is 1. The van der Waals surface area contributed by atoms with Gasteiger partial charge in [0.25, 0.3) is 0 Å². The fourth-order valence-electron chi connectivity index (χ4n) is 3.03. The van der Waals surface area contributed by atoms with E-state index < -0.39 is 0 Å². The van der Waals surface area contributed by atoms with Crippen molar-refractivity contribution in [1.29, 1.82) is 0 Å². The first kappa shape index (κ1) is 14.4. The van der Waals surface area contributed by atoms with Crippen molar-refractivity contribution in [2.45, 2.75) is 57.2 Å². The third-order valence-electron chi connectivity index (χ3n) is 3.74. The molecule has 3 heteroatoms. The Balaban J connectivity index is 1.99. The molecule has 0 amide bonds. The molecule has 1 aliphatic carbocycles. The summed E-state index contributed by atoms with van der Waals surface area (Å²) in [4.78, 5) is 0. The summed E-state index contributed by atoms with van der Waals surface area (Å²) < 4.78 is 6.04. The van der Waals surface area contributed by atoms with Crippen LogP contribution in [0.15, 0.2) is 30.3 Å². The highest BCUT2D eigenvalue weighted by molar-refractivity contribution is 5.21. The molecule has 0 heterocycles. The first-order valence-electron chi connectivity index (χ1n) is 7.24. The summed E-state index contributed by atoms with van der Waals surface area (Å²) in [7, 11) is 0. The van der Waals surface area contributed by atoms with Crippen LogP contribution < -0.4 is 10.1 Å². The lowest BCUT2D eigenvalue weighted by Gasteiger charge is -2.41. The second-order valence-electron chi connectivity index (χ2n) is 5.89. The van der Waals surface area contributed by atoms with E-state index >= 15 is 0 Å². The summed E-state index contributed by atoms with van der Waals surface area (Å²) in [6.07, 6.45) is 4.25. The minimum Gasteiger partial charge on any atom is -0.490 e. The highest BCUT2D eigenvalue weighted by Gasteiger charge is 2.37. The largest absolute Gasteiger partial charge is 0.490 e. The van der Waals surface area contributed by atoms with E-state index in [1.54, 1.807) is 0 Å². The van der Waals surface area contributed by atoms with Gasteiger partial charge < -0.3 is 15.2 Å². The predicted molar refractivity (Wildman–Crippen MR) is 77.4 cm³/mol. The average Bonchev–Trinajstić information content (AvgIpc) is 2.39. The van der Waals surface area contributed by atoms with Gasteiger partial charge in [-0.05, 0) is 31.4 Å². The van der Waals surface area contributed by atoms with Crippen molar-refractivity contribution >= 4 is 0 Å². The van der Waals surface area contributed by atoms with Crippen molar-refractivity contribution in [2.24, 2.45) is 0 Å². The van der Waals surface area contributed by atoms with E-state index in [9.17, 15) is 5.11 Å². The van der Waals surface area contributed by atoms with Crippen LogP contribution in [0.3, 0.4) is 0 Å². The Morgan fingerprint density at radius 2 is 2.11 bits per heavy atom. The fourth-order valence-corrected chi connectivity index (χ4v) is 3.03. The van der Waals surface area contributed by atoms with Crippen molar-refractivity contribution in [2.75, 3.05) is 6.61 Å². The Bertz CT molecular complexity index is 380. The van der Waals surface area contributed by atoms with Crippen LogP contribution in [0.1, 0.15) is 39.5 Å². The molecule has 0 radical (unpaired) electrons. The average molecular weight is 263 g/mol. The highest BCUT2D eigenvalue weighted by atomic mass is 16.5. The van der Waals surface area contributed by atoms with E-state index in [0.29, 0.717) is 6.04 Å². The third kappa shape index (κ3) is 3.95. The monoisotopic (exact) mass is 263 g/mol. The Hall–Kier alpha value is -1.06. The second kappa shape index (κ2) is 6.40. The van der Waals surface area contributed by atoms with Crippen LogP contribution in [0.4, 0.5) is 0 Å². The molecule has 0 aromatic heterocycles. The highest BCUT2D eigenvalue weighted by Crippen LogP contribution is 2.31. The Morgan fingerprint density at radius 1 is 1.37 bits per heavy atom. The SMILES string of the molecule is CC(C)NC1(CO)CCCC(Oc2ccccc2)C1. The molecule has 2 rings (SSSR count). The molecule has 19 heavy (non-hydrogen) atoms. The fraction of sp³-hybridized carbons (Fsp3) is 0.625. The lowest BCUT2D eigenvalue weighted by molar-refractivity contribution is 0.0461. The second-order valence-corrected chi connectivity index (χ2v) is 5.89. The van der Waals surface area contributed by atoms with Gasteiger partial charge in [0.15, 0.2) is 0 Å². The predicted octanol–water partition coefficient (Wildman–Crippen LogP) is 2.74. The minimum absolute atomic E-state index is 0.175. The Labute approximate surface area is 116 Å². The van der Waals surface area contributed by atoms with Gasteiger partial charge in [-0.3, -0.25) is 0 Å². The lowest BCUT2D eigenvalue weighted by Crippen LogP contribution is -2.55. The molecule has 1 fully saturated rings. The van der Waals surface area contributed by atoms with Crippen molar-refractivity contribution < 1.29 is 9.84 Å². The molecule has 0 aliphatic heterocycles. The summed E-state index contributed by atoms with van der Waals surface area (Å²) in [6, 6.07) is 10.3. The maximum atomic E-state index is 9.76. The molecule has 0 spiro atoms. The molecule has 1 aromatic carbocycles. The molecular weight excluding hydrogens is 238 g/mol. The third-order valence-corrected chi connectivity index (χ3v) is 3.74. The number of para-hydroxylation sites is 1. The number of aliphatic hydroxyl groups excluding tert-OH is 1. The van der Waals surface area contributed by atoms with Crippen LogP contribution in [0.2, 0.25) is 0 Å². The Kier molecular flexibility index (Phi) is 4.83. The zero-order valence-electron chi connectivity index (χ0n) is 11.9. The molecule has 2 atom stereocenters. The van der Waals surface area contributed by atoms with E-state index in [1.165, 1.54) is 0 Å². The van der Waals surface area contributed by atoms with Crippen molar-refractivity contribution in [3.8, 4) is 5.75 Å². The molecule has 2 unspecified atom stereocenters. The molecule has 1 saturated carbocycles. The van der Waals surface area contributed by atoms with Crippen molar-refractivity contribution in [1.82, 2.24) is 5.32 Å². The van der Waals surface area contributed by atoms with Gasteiger partial charge in [0.2, 0.25) is 0 Å². The van der Waals surface area contributed by atoms with Gasteiger partial charge in [-0.2, -0.15) is 0 Å². The van der Waals surface area contributed by atoms with E-state index in [2.05, 4.69) is 19.2 Å². The topological polar surface area (TPSA) is 41.5 Å². The van der Waals surface area contributed by atoms with Gasteiger partial charge in [0.1, 0.15) is 11.9 Å². The van der Waals surface area contributed by atoms with Gasteiger partial charge in [0, 0.05) is 18.0 Å². The lowest BCUT2D eigenvalue weighted by atomic mass is 9.80. The molecular formula is C16H25NO2. The van der Waals surface area contributed by atoms with E-state index in [-0.39, 0.29) is 18.2 Å². The maximum absolute atomic E-state index is 9.76. The number of hydrogen-bond donors (Lipinski definition) is 2. The summed E-state index contributed by atoms with van der Waals surface area (Å²) >= 11 is 0. The number of nitrogens with one attached hydrogen (secondary N) is 1. The van der Waals surface area contributed by atoms with Crippen LogP contribution in [0, 0.1) is 0 Å². The maximum Gasteiger partial charge on any atom is 0.119 e. The zero-order valence-corrected chi connectivity index (χ0v) is 11.9. The van der Waals surface area contributed by atoms with E-state index in [1.807, 2.05) is 30.3 Å². The zero-order chi connectivity index (χ0) is 13.7. The smallest absolute Gasteiger partial charge is 0.119 e. The van der Waals surface area contributed by atoms with Gasteiger partial charge in [-0.15, -0.1) is 0 Å². The summed E-state index contributed by atoms with van der Waals surface area (Å²) in [5.41, 5.74) is -0.175. The first-order chi connectivity index (χ1) is 9.13. The van der Waals surface area contributed by atoms with Gasteiger partial charge in [-0.1, -0.05) is 32.0 Å². The standard InChI is InChI=1S/C16H25NO2/c1-13(2)17-16(12-18)10-6-9-15(11-16)19-14-7-4-3-5-8-14/h3-5,7-8,13,15,17-18H,6,9-12H2,1-2H3. The number of hydrogen-bond acceptors (Lipinski definition) is 3. The summed E-state index contributed by atoms with van der Waals surface area (Å²) in [5, 5.41) is 13.3. The van der Waals surface area contributed by atoms with E-state index in [0.717, 1.165) is 31.4 Å². The minimum atomic E-state index is -0.175. The molecule has 1 aromatic rings. The molecule has 0 bridgehead atoms. The molecule has 0 saturated heterocycles. The van der Waals surface area contributed by atoms with Crippen molar-refractivity contribution in [3.63, 3.8) is 0 Å². The van der Waals surface area contributed by atoms with Crippen LogP contribution >= 0.6 is 0 Å². The Morgan fingerprint density at radius 3 is 2.74 bits per heavy atom. The summed E-state index contributed by atoms with van der Waals surface area (Å²) in [5.74, 6) is 0.922. The quantitative estimate of drug-likeness (QED) is 0.858. The van der Waals surface area contributed by atoms with E-state index in [4.69, 9.17) is 4.74 Å². The van der Waals surface area contributed by atoms with Crippen LogP contribution in [0.25, 0.3) is 0 Å². The van der Waals surface area contributed by atoms with Gasteiger partial charge in [0.05, 0.1) is 6.61 Å². The van der Waals surface area contributed by atoms with Crippen LogP contribution in [0.5, 0.6) is 5.75 Å².